The van der Waals surface area contributed by atoms with E-state index in [1.165, 1.54) is 0 Å². The Morgan fingerprint density at radius 2 is 1.38 bits per heavy atom. The lowest BCUT2D eigenvalue weighted by atomic mass is 9.67. The molecule has 1 amide bonds. The van der Waals surface area contributed by atoms with E-state index in [2.05, 4.69) is 5.32 Å². The summed E-state index contributed by atoms with van der Waals surface area (Å²) in [6.45, 7) is 12.2. The zero-order chi connectivity index (χ0) is 30.4. The number of hydrogen-bond donors (Lipinski definition) is 2. The molecule has 42 heavy (non-hydrogen) atoms. The molecule has 4 aromatic carbocycles. The summed E-state index contributed by atoms with van der Waals surface area (Å²) in [4.78, 5) is 28.4. The number of halogens is 1. The van der Waals surface area contributed by atoms with Gasteiger partial charge in [0.15, 0.2) is 11.3 Å². The monoisotopic (exact) mass is 581 g/mol. The number of carbonyl (C=O) groups excluding carboxylic acids is 2. The number of rotatable bonds is 4. The van der Waals surface area contributed by atoms with Crippen LogP contribution in [-0.4, -0.2) is 17.0 Å². The van der Waals surface area contributed by atoms with E-state index in [-0.39, 0.29) is 11.5 Å². The molecule has 216 valence electrons. The summed E-state index contributed by atoms with van der Waals surface area (Å²) >= 11 is 6.63. The fourth-order valence-corrected chi connectivity index (χ4v) is 6.02. The number of ether oxygens (including phenoxy) is 1. The minimum atomic E-state index is -1.66. The minimum Gasteiger partial charge on any atom is -0.507 e. The van der Waals surface area contributed by atoms with Crippen molar-refractivity contribution >= 4 is 23.5 Å². The third kappa shape index (κ3) is 5.07. The number of hydrogen-bond acceptors (Lipinski definition) is 4. The lowest BCUT2D eigenvalue weighted by molar-refractivity contribution is -0.144. The van der Waals surface area contributed by atoms with Crippen LogP contribution >= 0.6 is 11.6 Å². The first-order chi connectivity index (χ1) is 19.7. The van der Waals surface area contributed by atoms with Crippen LogP contribution in [0, 0.1) is 0 Å². The van der Waals surface area contributed by atoms with Gasteiger partial charge in [-0.1, -0.05) is 126 Å². The number of amides is 1. The van der Waals surface area contributed by atoms with E-state index in [0.717, 1.165) is 16.7 Å². The Balaban J connectivity index is 1.90. The van der Waals surface area contributed by atoms with Gasteiger partial charge in [-0.25, -0.2) is 4.79 Å². The highest BCUT2D eigenvalue weighted by Gasteiger charge is 2.56. The SMILES string of the molecule is CC(C)(C)c1cc([C@@H]2c3cccc(Cl)c3OC(=O)[C@]2(NC(=O)c2ccccc2)c2ccccc2)cc(C(C)(C)C)c1O. The Morgan fingerprint density at radius 3 is 1.93 bits per heavy atom. The molecule has 0 bridgehead atoms. The largest absolute Gasteiger partial charge is 0.507 e. The Hall–Kier alpha value is -4.09. The van der Waals surface area contributed by atoms with Gasteiger partial charge in [-0.05, 0) is 51.3 Å². The van der Waals surface area contributed by atoms with E-state index in [9.17, 15) is 14.7 Å². The standard InChI is InChI=1S/C36H36ClNO4/c1-34(2,3)26-20-23(21-27(30(26)39)35(4,5)6)29-25-18-13-19-28(37)31(25)42-33(41)36(29,24-16-11-8-12-17-24)38-32(40)22-14-9-7-10-15-22/h7-21,29,39H,1-6H3,(H,38,40)/t29-,36+/m1/s1. The van der Waals surface area contributed by atoms with E-state index in [1.54, 1.807) is 30.3 Å². The maximum atomic E-state index is 14.5. The van der Waals surface area contributed by atoms with Crippen molar-refractivity contribution in [3.63, 3.8) is 0 Å². The second-order valence-corrected chi connectivity index (χ2v) is 13.3. The highest BCUT2D eigenvalue weighted by Crippen LogP contribution is 2.53. The molecule has 0 aliphatic carbocycles. The van der Waals surface area contributed by atoms with Crippen molar-refractivity contribution in [2.24, 2.45) is 0 Å². The van der Waals surface area contributed by atoms with Crippen LogP contribution in [0.25, 0.3) is 0 Å². The minimum absolute atomic E-state index is 0.224. The summed E-state index contributed by atoms with van der Waals surface area (Å²) in [5.74, 6) is -1.33. The van der Waals surface area contributed by atoms with Gasteiger partial charge in [0.25, 0.3) is 5.91 Å². The first-order valence-electron chi connectivity index (χ1n) is 14.1. The van der Waals surface area contributed by atoms with Crippen LogP contribution < -0.4 is 10.1 Å². The van der Waals surface area contributed by atoms with Crippen LogP contribution in [0.5, 0.6) is 11.5 Å². The van der Waals surface area contributed by atoms with Crippen LogP contribution in [-0.2, 0) is 21.2 Å². The molecule has 0 spiro atoms. The molecular weight excluding hydrogens is 546 g/mol. The van der Waals surface area contributed by atoms with Crippen molar-refractivity contribution in [3.8, 4) is 11.5 Å². The van der Waals surface area contributed by atoms with Crippen molar-refractivity contribution < 1.29 is 19.4 Å². The Labute approximate surface area is 252 Å². The summed E-state index contributed by atoms with van der Waals surface area (Å²) in [6.07, 6.45) is 0. The van der Waals surface area contributed by atoms with Crippen LogP contribution in [0.3, 0.4) is 0 Å². The van der Waals surface area contributed by atoms with E-state index < -0.39 is 34.2 Å². The molecule has 0 unspecified atom stereocenters. The number of phenols is 1. The molecule has 5 rings (SSSR count). The van der Waals surface area contributed by atoms with Gasteiger partial charge in [0, 0.05) is 11.1 Å². The van der Waals surface area contributed by atoms with Crippen molar-refractivity contribution in [3.05, 3.63) is 129 Å². The van der Waals surface area contributed by atoms with E-state index >= 15 is 0 Å². The van der Waals surface area contributed by atoms with Crippen molar-refractivity contribution in [1.29, 1.82) is 0 Å². The van der Waals surface area contributed by atoms with Gasteiger partial charge < -0.3 is 15.2 Å². The smallest absolute Gasteiger partial charge is 0.343 e. The summed E-state index contributed by atoms with van der Waals surface area (Å²) in [5, 5.41) is 15.0. The van der Waals surface area contributed by atoms with E-state index in [1.807, 2.05) is 102 Å². The van der Waals surface area contributed by atoms with Crippen molar-refractivity contribution in [2.75, 3.05) is 0 Å². The number of nitrogens with one attached hydrogen (secondary N) is 1. The average Bonchev–Trinajstić information content (AvgIpc) is 2.94. The molecule has 2 N–H and O–H groups in total. The highest BCUT2D eigenvalue weighted by molar-refractivity contribution is 6.32. The highest BCUT2D eigenvalue weighted by atomic mass is 35.5. The lowest BCUT2D eigenvalue weighted by Gasteiger charge is -2.44. The zero-order valence-electron chi connectivity index (χ0n) is 24.8. The summed E-state index contributed by atoms with van der Waals surface area (Å²) in [7, 11) is 0. The third-order valence-corrected chi connectivity index (χ3v) is 8.21. The Kier molecular flexibility index (Phi) is 7.44. The second kappa shape index (κ2) is 10.6. The lowest BCUT2D eigenvalue weighted by Crippen LogP contribution is -2.59. The van der Waals surface area contributed by atoms with Gasteiger partial charge in [0.2, 0.25) is 0 Å². The van der Waals surface area contributed by atoms with Gasteiger partial charge >= 0.3 is 5.97 Å². The van der Waals surface area contributed by atoms with Crippen LogP contribution in [0.4, 0.5) is 0 Å². The summed E-state index contributed by atoms with van der Waals surface area (Å²) < 4.78 is 6.01. The predicted molar refractivity (Wildman–Crippen MR) is 166 cm³/mol. The normalized spacial score (nSPS) is 18.6. The number of fused-ring (bicyclic) bond motifs is 1. The molecule has 2 atom stereocenters. The molecule has 0 aromatic heterocycles. The Bertz CT molecular complexity index is 1620. The molecular formula is C36H36ClNO4. The maximum Gasteiger partial charge on any atom is 0.343 e. The first kappa shape index (κ1) is 29.4. The molecule has 1 aliphatic heterocycles. The molecule has 0 fully saturated rings. The number of phenolic OH excluding ortho intramolecular Hbond substituents is 1. The van der Waals surface area contributed by atoms with E-state index in [4.69, 9.17) is 16.3 Å². The van der Waals surface area contributed by atoms with E-state index in [0.29, 0.717) is 21.7 Å². The fourth-order valence-electron chi connectivity index (χ4n) is 5.80. The average molecular weight is 582 g/mol. The molecule has 4 aromatic rings. The zero-order valence-corrected chi connectivity index (χ0v) is 25.5. The maximum absolute atomic E-state index is 14.5. The molecule has 0 radical (unpaired) electrons. The molecule has 5 nitrogen and oxygen atoms in total. The quantitative estimate of drug-likeness (QED) is 0.189. The summed E-state index contributed by atoms with van der Waals surface area (Å²) in [6, 6.07) is 27.3. The van der Waals surface area contributed by atoms with Crippen LogP contribution in [0.15, 0.2) is 91.0 Å². The third-order valence-electron chi connectivity index (χ3n) is 7.92. The summed E-state index contributed by atoms with van der Waals surface area (Å²) in [5.41, 5.74) is 1.36. The second-order valence-electron chi connectivity index (χ2n) is 12.9. The molecule has 6 heteroatoms. The van der Waals surface area contributed by atoms with Crippen LogP contribution in [0.2, 0.25) is 5.02 Å². The number of benzene rings is 4. The number of carbonyl (C=O) groups is 2. The van der Waals surface area contributed by atoms with Crippen LogP contribution in [0.1, 0.15) is 85.6 Å². The molecule has 1 heterocycles. The number of esters is 1. The first-order valence-corrected chi connectivity index (χ1v) is 14.4. The van der Waals surface area contributed by atoms with Gasteiger partial charge in [-0.3, -0.25) is 4.79 Å². The van der Waals surface area contributed by atoms with Gasteiger partial charge in [0.05, 0.1) is 10.9 Å². The molecule has 0 saturated carbocycles. The van der Waals surface area contributed by atoms with Gasteiger partial charge in [-0.15, -0.1) is 0 Å². The van der Waals surface area contributed by atoms with Gasteiger partial charge in [-0.2, -0.15) is 0 Å². The number of para-hydroxylation sites is 1. The van der Waals surface area contributed by atoms with Crippen molar-refractivity contribution in [2.45, 2.75) is 63.8 Å². The van der Waals surface area contributed by atoms with Gasteiger partial charge in [0.1, 0.15) is 5.75 Å². The number of aromatic hydroxyl groups is 1. The predicted octanol–water partition coefficient (Wildman–Crippen LogP) is 8.02. The fraction of sp³-hybridized carbons (Fsp3) is 0.278. The Morgan fingerprint density at radius 1 is 0.833 bits per heavy atom. The van der Waals surface area contributed by atoms with Crippen molar-refractivity contribution in [1.82, 2.24) is 5.32 Å². The topological polar surface area (TPSA) is 75.6 Å². The molecule has 0 saturated heterocycles. The molecule has 1 aliphatic rings.